The fourth-order valence-corrected chi connectivity index (χ4v) is 3.78. The summed E-state index contributed by atoms with van der Waals surface area (Å²) in [7, 11) is 0. The van der Waals surface area contributed by atoms with Crippen LogP contribution in [0.15, 0.2) is 53.3 Å². The number of pyridine rings is 1. The number of aromatic nitrogens is 3. The standard InChI is InChI=1S/C24H29N5O2/c1-24(2,3)19-8-6-17(7-9-19)22-27-21(31-28-22)16-29-13-10-18(11-14-29)23(30)26-20-5-4-12-25-15-20/h4-9,12,15,18H,10-11,13-14,16H2,1-3H3,(H,26,30). The van der Waals surface area contributed by atoms with Crippen molar-refractivity contribution < 1.29 is 9.32 Å². The van der Waals surface area contributed by atoms with Gasteiger partial charge in [0, 0.05) is 17.7 Å². The molecule has 1 saturated heterocycles. The summed E-state index contributed by atoms with van der Waals surface area (Å²) < 4.78 is 5.48. The molecule has 1 N–H and O–H groups in total. The molecule has 0 bridgehead atoms. The predicted molar refractivity (Wildman–Crippen MR) is 119 cm³/mol. The first-order valence-electron chi connectivity index (χ1n) is 10.8. The lowest BCUT2D eigenvalue weighted by molar-refractivity contribution is -0.121. The van der Waals surface area contributed by atoms with Gasteiger partial charge in [0.2, 0.25) is 17.6 Å². The Morgan fingerprint density at radius 3 is 2.55 bits per heavy atom. The highest BCUT2D eigenvalue weighted by molar-refractivity contribution is 5.92. The van der Waals surface area contributed by atoms with Crippen LogP contribution in [0.3, 0.4) is 0 Å². The lowest BCUT2D eigenvalue weighted by Crippen LogP contribution is -2.37. The molecule has 4 rings (SSSR count). The minimum Gasteiger partial charge on any atom is -0.338 e. The van der Waals surface area contributed by atoms with E-state index >= 15 is 0 Å². The van der Waals surface area contributed by atoms with Crippen molar-refractivity contribution in [3.05, 3.63) is 60.2 Å². The highest BCUT2D eigenvalue weighted by Crippen LogP contribution is 2.25. The van der Waals surface area contributed by atoms with E-state index in [2.05, 4.69) is 58.2 Å². The first-order chi connectivity index (χ1) is 14.9. The monoisotopic (exact) mass is 419 g/mol. The van der Waals surface area contributed by atoms with Crippen LogP contribution in [0.25, 0.3) is 11.4 Å². The van der Waals surface area contributed by atoms with Crippen LogP contribution in [-0.2, 0) is 16.8 Å². The predicted octanol–water partition coefficient (Wildman–Crippen LogP) is 4.28. The van der Waals surface area contributed by atoms with Gasteiger partial charge in [-0.2, -0.15) is 4.98 Å². The Bertz CT molecular complexity index is 1000. The van der Waals surface area contributed by atoms with Gasteiger partial charge < -0.3 is 9.84 Å². The van der Waals surface area contributed by atoms with Gasteiger partial charge in [-0.05, 0) is 49.0 Å². The summed E-state index contributed by atoms with van der Waals surface area (Å²) in [6.07, 6.45) is 4.97. The Kier molecular flexibility index (Phi) is 6.13. The summed E-state index contributed by atoms with van der Waals surface area (Å²) in [6, 6.07) is 12.0. The molecule has 0 unspecified atom stereocenters. The van der Waals surface area contributed by atoms with Crippen molar-refractivity contribution in [2.45, 2.75) is 45.6 Å². The number of hydrogen-bond acceptors (Lipinski definition) is 6. The van der Waals surface area contributed by atoms with Crippen molar-refractivity contribution in [3.63, 3.8) is 0 Å². The molecule has 3 heterocycles. The smallest absolute Gasteiger partial charge is 0.241 e. The highest BCUT2D eigenvalue weighted by Gasteiger charge is 2.26. The zero-order chi connectivity index (χ0) is 21.8. The Morgan fingerprint density at radius 1 is 1.16 bits per heavy atom. The number of anilines is 1. The molecule has 0 spiro atoms. The molecule has 162 valence electrons. The molecule has 3 aromatic rings. The van der Waals surface area contributed by atoms with Crippen LogP contribution < -0.4 is 5.32 Å². The summed E-state index contributed by atoms with van der Waals surface area (Å²) in [5, 5.41) is 7.10. The number of nitrogens with zero attached hydrogens (tertiary/aromatic N) is 4. The van der Waals surface area contributed by atoms with Gasteiger partial charge >= 0.3 is 0 Å². The van der Waals surface area contributed by atoms with Gasteiger partial charge in [-0.25, -0.2) is 0 Å². The summed E-state index contributed by atoms with van der Waals surface area (Å²) in [4.78, 5) is 23.3. The average molecular weight is 420 g/mol. The van der Waals surface area contributed by atoms with Gasteiger partial charge in [-0.3, -0.25) is 14.7 Å². The second-order valence-electron chi connectivity index (χ2n) is 9.12. The second kappa shape index (κ2) is 8.98. The Balaban J connectivity index is 1.29. The van der Waals surface area contributed by atoms with Crippen molar-refractivity contribution in [1.29, 1.82) is 0 Å². The van der Waals surface area contributed by atoms with E-state index in [0.717, 1.165) is 37.2 Å². The van der Waals surface area contributed by atoms with Crippen LogP contribution in [0.4, 0.5) is 5.69 Å². The summed E-state index contributed by atoms with van der Waals surface area (Å²) in [5.41, 5.74) is 3.08. The maximum absolute atomic E-state index is 12.5. The Hall–Kier alpha value is -3.06. The number of piperidine rings is 1. The lowest BCUT2D eigenvalue weighted by Gasteiger charge is -2.30. The average Bonchev–Trinajstić information content (AvgIpc) is 3.23. The zero-order valence-electron chi connectivity index (χ0n) is 18.3. The molecule has 0 atom stereocenters. The number of carbonyl (C=O) groups excluding carboxylic acids is 1. The van der Waals surface area contributed by atoms with E-state index < -0.39 is 0 Å². The number of benzene rings is 1. The molecule has 7 heteroatoms. The molecule has 1 aliphatic heterocycles. The van der Waals surface area contributed by atoms with Crippen molar-refractivity contribution >= 4 is 11.6 Å². The van der Waals surface area contributed by atoms with Crippen LogP contribution in [0.2, 0.25) is 0 Å². The Labute approximate surface area is 182 Å². The zero-order valence-corrected chi connectivity index (χ0v) is 18.3. The van der Waals surface area contributed by atoms with Crippen LogP contribution in [-0.4, -0.2) is 39.0 Å². The molecule has 1 fully saturated rings. The van der Waals surface area contributed by atoms with Gasteiger partial charge in [0.05, 0.1) is 18.4 Å². The van der Waals surface area contributed by atoms with Crippen molar-refractivity contribution in [1.82, 2.24) is 20.0 Å². The van der Waals surface area contributed by atoms with Crippen LogP contribution >= 0.6 is 0 Å². The molecule has 2 aromatic heterocycles. The number of nitrogens with one attached hydrogen (secondary N) is 1. The molecular weight excluding hydrogens is 390 g/mol. The third-order valence-electron chi connectivity index (χ3n) is 5.72. The Morgan fingerprint density at radius 2 is 1.90 bits per heavy atom. The van der Waals surface area contributed by atoms with E-state index in [1.54, 1.807) is 12.4 Å². The molecule has 31 heavy (non-hydrogen) atoms. The number of rotatable bonds is 5. The number of likely N-dealkylation sites (tertiary alicyclic amines) is 1. The molecule has 0 saturated carbocycles. The van der Waals surface area contributed by atoms with Gasteiger partial charge in [0.1, 0.15) is 0 Å². The van der Waals surface area contributed by atoms with Crippen LogP contribution in [0.5, 0.6) is 0 Å². The van der Waals surface area contributed by atoms with Gasteiger partial charge in [-0.1, -0.05) is 50.2 Å². The van der Waals surface area contributed by atoms with Crippen molar-refractivity contribution in [3.8, 4) is 11.4 Å². The molecule has 0 radical (unpaired) electrons. The normalized spacial score (nSPS) is 15.7. The van der Waals surface area contributed by atoms with Crippen LogP contribution in [0, 0.1) is 5.92 Å². The first-order valence-corrected chi connectivity index (χ1v) is 10.8. The lowest BCUT2D eigenvalue weighted by atomic mass is 9.87. The van der Waals surface area contributed by atoms with E-state index in [0.29, 0.717) is 18.3 Å². The summed E-state index contributed by atoms with van der Waals surface area (Å²) in [5.74, 6) is 1.29. The third-order valence-corrected chi connectivity index (χ3v) is 5.72. The van der Waals surface area contributed by atoms with E-state index in [1.807, 2.05) is 24.3 Å². The topological polar surface area (TPSA) is 84.2 Å². The first kappa shape index (κ1) is 21.2. The van der Waals surface area contributed by atoms with E-state index in [4.69, 9.17) is 4.52 Å². The minimum atomic E-state index is 0.0102. The summed E-state index contributed by atoms with van der Waals surface area (Å²) in [6.45, 7) is 8.83. The number of amides is 1. The maximum Gasteiger partial charge on any atom is 0.241 e. The third kappa shape index (κ3) is 5.35. The largest absolute Gasteiger partial charge is 0.338 e. The number of carbonyl (C=O) groups is 1. The quantitative estimate of drug-likeness (QED) is 0.664. The van der Waals surface area contributed by atoms with E-state index in [1.165, 1.54) is 5.56 Å². The summed E-state index contributed by atoms with van der Waals surface area (Å²) >= 11 is 0. The van der Waals surface area contributed by atoms with E-state index in [9.17, 15) is 4.79 Å². The number of hydrogen-bond donors (Lipinski definition) is 1. The highest BCUT2D eigenvalue weighted by atomic mass is 16.5. The van der Waals surface area contributed by atoms with Gasteiger partial charge in [0.15, 0.2) is 0 Å². The fraction of sp³-hybridized carbons (Fsp3) is 0.417. The second-order valence-corrected chi connectivity index (χ2v) is 9.12. The fourth-order valence-electron chi connectivity index (χ4n) is 3.78. The van der Waals surface area contributed by atoms with Crippen molar-refractivity contribution in [2.24, 2.45) is 5.92 Å². The van der Waals surface area contributed by atoms with Crippen molar-refractivity contribution in [2.75, 3.05) is 18.4 Å². The van der Waals surface area contributed by atoms with Gasteiger partial charge in [-0.15, -0.1) is 0 Å². The minimum absolute atomic E-state index is 0.0102. The molecule has 1 aliphatic rings. The van der Waals surface area contributed by atoms with Gasteiger partial charge in [0.25, 0.3) is 0 Å². The maximum atomic E-state index is 12.5. The van der Waals surface area contributed by atoms with E-state index in [-0.39, 0.29) is 17.2 Å². The van der Waals surface area contributed by atoms with Crippen LogP contribution in [0.1, 0.15) is 45.1 Å². The molecule has 1 amide bonds. The molecule has 1 aromatic carbocycles. The molecule has 7 nitrogen and oxygen atoms in total. The molecule has 0 aliphatic carbocycles. The molecular formula is C24H29N5O2. The SMILES string of the molecule is CC(C)(C)c1ccc(-c2noc(CN3CCC(C(=O)Nc4cccnc4)CC3)n2)cc1.